The zero-order valence-electron chi connectivity index (χ0n) is 20.3. The van der Waals surface area contributed by atoms with Crippen LogP contribution in [-0.2, 0) is 29.5 Å². The maximum Gasteiger partial charge on any atom is 0.243 e. The Morgan fingerprint density at radius 2 is 1.87 bits per heavy atom. The first-order valence-electron chi connectivity index (χ1n) is 12.1. The molecule has 0 radical (unpaired) electrons. The number of aromatic nitrogens is 2. The molecule has 5 rings (SSSR count). The molecule has 196 valence electrons. The van der Waals surface area contributed by atoms with Crippen LogP contribution in [0.15, 0.2) is 84.3 Å². The second-order valence-corrected chi connectivity index (χ2v) is 10.8. The quantitative estimate of drug-likeness (QED) is 0.325. The summed E-state index contributed by atoms with van der Waals surface area (Å²) >= 11 is 0. The first-order valence-corrected chi connectivity index (χ1v) is 13.6. The number of Topliss-reactive ketones (excluding diaryl/α,β-unsaturated/α-hetero) is 1. The lowest BCUT2D eigenvalue weighted by molar-refractivity contribution is 0.0972. The van der Waals surface area contributed by atoms with Gasteiger partial charge in [-0.25, -0.2) is 26.9 Å². The Morgan fingerprint density at radius 3 is 2.61 bits per heavy atom. The molecule has 1 aliphatic rings. The maximum atomic E-state index is 14.3. The molecule has 38 heavy (non-hydrogen) atoms. The number of carbonyl (C=O) groups is 1. The first kappa shape index (κ1) is 25.7. The number of rotatable bonds is 9. The standard InChI is InChI=1S/C28H25F2N3O4S/c29-20-9-12-28(24(30)15-20)38(35,36)32-16-23-21-7-4-8-25(34)22(21)10-11-26(23)37-27(17-33-14-13-31-18-33)19-5-2-1-3-6-19/h1-3,5-6,9-15,18,27,32H,4,7-8,16-17H2/t27-/m1/s1. The van der Waals surface area contributed by atoms with E-state index in [4.69, 9.17) is 4.74 Å². The number of hydrogen-bond donors (Lipinski definition) is 1. The zero-order chi connectivity index (χ0) is 26.7. The average Bonchev–Trinajstić information content (AvgIpc) is 3.41. The van der Waals surface area contributed by atoms with Crippen LogP contribution in [0.3, 0.4) is 0 Å². The molecule has 1 atom stereocenters. The van der Waals surface area contributed by atoms with Crippen LogP contribution in [0.4, 0.5) is 8.78 Å². The highest BCUT2D eigenvalue weighted by atomic mass is 32.2. The fourth-order valence-electron chi connectivity index (χ4n) is 4.64. The molecule has 1 heterocycles. The van der Waals surface area contributed by atoms with E-state index in [0.717, 1.165) is 17.7 Å². The van der Waals surface area contributed by atoms with Crippen LogP contribution in [0, 0.1) is 11.6 Å². The predicted octanol–water partition coefficient (Wildman–Crippen LogP) is 4.98. The molecule has 0 spiro atoms. The van der Waals surface area contributed by atoms with Gasteiger partial charge in [0.05, 0.1) is 12.9 Å². The summed E-state index contributed by atoms with van der Waals surface area (Å²) in [5.41, 5.74) is 2.63. The molecule has 0 unspecified atom stereocenters. The summed E-state index contributed by atoms with van der Waals surface area (Å²) in [6.45, 7) is 0.198. The van der Waals surface area contributed by atoms with E-state index < -0.39 is 32.7 Å². The number of nitrogens with one attached hydrogen (secondary N) is 1. The van der Waals surface area contributed by atoms with Crippen molar-refractivity contribution in [1.29, 1.82) is 0 Å². The molecule has 0 saturated carbocycles. The number of sulfonamides is 1. The number of imidazole rings is 1. The van der Waals surface area contributed by atoms with Gasteiger partial charge in [-0.05, 0) is 48.2 Å². The van der Waals surface area contributed by atoms with Gasteiger partial charge in [-0.15, -0.1) is 0 Å². The Hall–Kier alpha value is -3.89. The zero-order valence-corrected chi connectivity index (χ0v) is 21.1. The molecule has 0 amide bonds. The molecule has 3 aromatic carbocycles. The lowest BCUT2D eigenvalue weighted by atomic mass is 9.87. The van der Waals surface area contributed by atoms with Crippen molar-refractivity contribution >= 4 is 15.8 Å². The normalized spacial score (nSPS) is 14.2. The van der Waals surface area contributed by atoms with Gasteiger partial charge in [-0.1, -0.05) is 30.3 Å². The Balaban J connectivity index is 1.51. The predicted molar refractivity (Wildman–Crippen MR) is 136 cm³/mol. The van der Waals surface area contributed by atoms with Crippen molar-refractivity contribution in [1.82, 2.24) is 14.3 Å². The van der Waals surface area contributed by atoms with E-state index >= 15 is 0 Å². The van der Waals surface area contributed by atoms with E-state index in [1.54, 1.807) is 24.7 Å². The highest BCUT2D eigenvalue weighted by molar-refractivity contribution is 7.89. The summed E-state index contributed by atoms with van der Waals surface area (Å²) in [6.07, 6.45) is 6.31. The third-order valence-electron chi connectivity index (χ3n) is 6.52. The van der Waals surface area contributed by atoms with E-state index in [2.05, 4.69) is 9.71 Å². The van der Waals surface area contributed by atoms with E-state index in [1.165, 1.54) is 0 Å². The molecular weight excluding hydrogens is 512 g/mol. The summed E-state index contributed by atoms with van der Waals surface area (Å²) in [7, 11) is -4.33. The fraction of sp³-hybridized carbons (Fsp3) is 0.214. The van der Waals surface area contributed by atoms with Crippen LogP contribution in [0.25, 0.3) is 0 Å². The van der Waals surface area contributed by atoms with Crippen molar-refractivity contribution in [3.63, 3.8) is 0 Å². The first-order chi connectivity index (χ1) is 18.3. The Bertz CT molecular complexity index is 1560. The molecule has 7 nitrogen and oxygen atoms in total. The SMILES string of the molecule is O=C1CCCc2c1ccc(O[C@H](Cn1ccnc1)c1ccccc1)c2CNS(=O)(=O)c1ccc(F)cc1F. The van der Waals surface area contributed by atoms with Gasteiger partial charge in [0.15, 0.2) is 5.78 Å². The average molecular weight is 538 g/mol. The Labute approximate surface area is 219 Å². The topological polar surface area (TPSA) is 90.3 Å². The van der Waals surface area contributed by atoms with Crippen molar-refractivity contribution in [3.05, 3.63) is 113 Å². The van der Waals surface area contributed by atoms with Crippen LogP contribution < -0.4 is 9.46 Å². The Morgan fingerprint density at radius 1 is 1.05 bits per heavy atom. The number of nitrogens with zero attached hydrogens (tertiary/aromatic N) is 2. The van der Waals surface area contributed by atoms with E-state index in [-0.39, 0.29) is 12.3 Å². The van der Waals surface area contributed by atoms with Crippen molar-refractivity contribution < 1.29 is 26.7 Å². The lowest BCUT2D eigenvalue weighted by Crippen LogP contribution is -2.26. The Kier molecular flexibility index (Phi) is 7.35. The molecular formula is C28H25F2N3O4S. The van der Waals surface area contributed by atoms with E-state index in [1.807, 2.05) is 41.1 Å². The van der Waals surface area contributed by atoms with E-state index in [9.17, 15) is 22.0 Å². The van der Waals surface area contributed by atoms with Crippen LogP contribution in [0.2, 0.25) is 0 Å². The van der Waals surface area contributed by atoms with Crippen LogP contribution in [0.5, 0.6) is 5.75 Å². The second kappa shape index (κ2) is 10.8. The van der Waals surface area contributed by atoms with Gasteiger partial charge < -0.3 is 9.30 Å². The molecule has 1 aliphatic carbocycles. The van der Waals surface area contributed by atoms with Gasteiger partial charge >= 0.3 is 0 Å². The summed E-state index contributed by atoms with van der Waals surface area (Å²) in [6, 6.07) is 15.2. The number of benzene rings is 3. The summed E-state index contributed by atoms with van der Waals surface area (Å²) in [5.74, 6) is -1.68. The highest BCUT2D eigenvalue weighted by Crippen LogP contribution is 2.34. The molecule has 0 fully saturated rings. The smallest absolute Gasteiger partial charge is 0.243 e. The number of hydrogen-bond acceptors (Lipinski definition) is 5. The summed E-state index contributed by atoms with van der Waals surface area (Å²) in [4.78, 5) is 16.1. The maximum absolute atomic E-state index is 14.3. The molecule has 10 heteroatoms. The van der Waals surface area contributed by atoms with Gasteiger partial charge in [0.2, 0.25) is 10.0 Å². The lowest BCUT2D eigenvalue weighted by Gasteiger charge is -2.26. The van der Waals surface area contributed by atoms with Crippen LogP contribution >= 0.6 is 0 Å². The van der Waals surface area contributed by atoms with Gasteiger partial charge in [0.1, 0.15) is 28.4 Å². The van der Waals surface area contributed by atoms with Gasteiger partial charge in [-0.2, -0.15) is 0 Å². The van der Waals surface area contributed by atoms with Crippen molar-refractivity contribution in [2.75, 3.05) is 0 Å². The second-order valence-electron chi connectivity index (χ2n) is 9.02. The van der Waals surface area contributed by atoms with Gasteiger partial charge in [-0.3, -0.25) is 4.79 Å². The molecule has 0 bridgehead atoms. The summed E-state index contributed by atoms with van der Waals surface area (Å²) < 4.78 is 64.3. The minimum atomic E-state index is -4.33. The highest BCUT2D eigenvalue weighted by Gasteiger charge is 2.27. The molecule has 0 saturated heterocycles. The third kappa shape index (κ3) is 5.51. The molecule has 1 aromatic heterocycles. The van der Waals surface area contributed by atoms with Crippen molar-refractivity contribution in [2.45, 2.75) is 43.4 Å². The molecule has 0 aliphatic heterocycles. The fourth-order valence-corrected chi connectivity index (χ4v) is 5.69. The largest absolute Gasteiger partial charge is 0.484 e. The van der Waals surface area contributed by atoms with Crippen molar-refractivity contribution in [3.8, 4) is 5.75 Å². The number of fused-ring (bicyclic) bond motifs is 1. The number of ketones is 1. The molecule has 1 N–H and O–H groups in total. The van der Waals surface area contributed by atoms with Gasteiger partial charge in [0, 0.05) is 42.6 Å². The van der Waals surface area contributed by atoms with Gasteiger partial charge in [0.25, 0.3) is 0 Å². The number of halogens is 2. The van der Waals surface area contributed by atoms with Crippen molar-refractivity contribution in [2.24, 2.45) is 0 Å². The minimum absolute atomic E-state index is 0.0236. The van der Waals surface area contributed by atoms with Crippen LogP contribution in [-0.4, -0.2) is 23.8 Å². The third-order valence-corrected chi connectivity index (χ3v) is 7.95. The number of carbonyl (C=O) groups excluding carboxylic acids is 1. The minimum Gasteiger partial charge on any atom is -0.484 e. The van der Waals surface area contributed by atoms with E-state index in [0.29, 0.717) is 54.3 Å². The summed E-state index contributed by atoms with van der Waals surface area (Å²) in [5, 5.41) is 0. The van der Waals surface area contributed by atoms with Crippen LogP contribution in [0.1, 0.15) is 46.0 Å². The number of ether oxygens (including phenoxy) is 1. The monoisotopic (exact) mass is 537 g/mol. The molecule has 4 aromatic rings.